The van der Waals surface area contributed by atoms with Gasteiger partial charge in [0.1, 0.15) is 0 Å². The predicted molar refractivity (Wildman–Crippen MR) is 64.6 cm³/mol. The van der Waals surface area contributed by atoms with E-state index in [-0.39, 0.29) is 18.3 Å². The fourth-order valence-corrected chi connectivity index (χ4v) is 2.28. The lowest BCUT2D eigenvalue weighted by atomic mass is 10.2. The number of rotatable bonds is 6. The Labute approximate surface area is 99.5 Å². The first-order valence-electron chi connectivity index (χ1n) is 5.20. The van der Waals surface area contributed by atoms with Crippen LogP contribution in [0.5, 0.6) is 0 Å². The van der Waals surface area contributed by atoms with Crippen molar-refractivity contribution in [3.05, 3.63) is 29.8 Å². The van der Waals surface area contributed by atoms with Gasteiger partial charge in [-0.15, -0.1) is 11.8 Å². The molecule has 1 aromatic rings. The first-order valence-corrected chi connectivity index (χ1v) is 6.08. The maximum atomic E-state index is 10.4. The number of aliphatic hydroxyl groups excluding tert-OH is 1. The number of hydrogen-bond donors (Lipinski definition) is 2. The molecule has 0 amide bonds. The van der Waals surface area contributed by atoms with Gasteiger partial charge < -0.3 is 10.2 Å². The lowest BCUT2D eigenvalue weighted by molar-refractivity contribution is -0.137. The van der Waals surface area contributed by atoms with Gasteiger partial charge in [-0.05, 0) is 24.1 Å². The van der Waals surface area contributed by atoms with E-state index in [2.05, 4.69) is 0 Å². The molecule has 1 rings (SSSR count). The normalized spacial score (nSPS) is 12.4. The van der Waals surface area contributed by atoms with E-state index >= 15 is 0 Å². The summed E-state index contributed by atoms with van der Waals surface area (Å²) in [5.74, 6) is -0.747. The second kappa shape index (κ2) is 6.55. The second-order valence-electron chi connectivity index (χ2n) is 3.66. The molecule has 0 aromatic heterocycles. The summed E-state index contributed by atoms with van der Waals surface area (Å²) in [6.07, 6.45) is 0.880. The van der Waals surface area contributed by atoms with Gasteiger partial charge in [0, 0.05) is 16.6 Å². The van der Waals surface area contributed by atoms with Crippen molar-refractivity contribution in [1.82, 2.24) is 0 Å². The maximum Gasteiger partial charge on any atom is 0.303 e. The Bertz CT molecular complexity index is 335. The van der Waals surface area contributed by atoms with Crippen molar-refractivity contribution in [1.29, 1.82) is 0 Å². The van der Waals surface area contributed by atoms with E-state index in [1.165, 1.54) is 0 Å². The van der Waals surface area contributed by atoms with Crippen LogP contribution < -0.4 is 0 Å². The molecule has 1 unspecified atom stereocenters. The third kappa shape index (κ3) is 4.68. The molecule has 0 saturated heterocycles. The zero-order chi connectivity index (χ0) is 12.0. The quantitative estimate of drug-likeness (QED) is 0.750. The number of aliphatic carboxylic acids is 1. The molecule has 0 aliphatic carbocycles. The van der Waals surface area contributed by atoms with Crippen molar-refractivity contribution in [3.8, 4) is 0 Å². The van der Waals surface area contributed by atoms with Crippen LogP contribution in [0.4, 0.5) is 0 Å². The number of aliphatic hydroxyl groups is 1. The molecule has 0 bridgehead atoms. The zero-order valence-electron chi connectivity index (χ0n) is 9.22. The summed E-state index contributed by atoms with van der Waals surface area (Å²) in [5, 5.41) is 17.7. The fraction of sp³-hybridized carbons (Fsp3) is 0.417. The molecular weight excluding hydrogens is 224 g/mol. The van der Waals surface area contributed by atoms with Gasteiger partial charge in [-0.1, -0.05) is 19.1 Å². The molecule has 0 spiro atoms. The third-order valence-electron chi connectivity index (χ3n) is 2.21. The maximum absolute atomic E-state index is 10.4. The molecule has 0 heterocycles. The Morgan fingerprint density at radius 2 is 2.00 bits per heavy atom. The van der Waals surface area contributed by atoms with Crippen molar-refractivity contribution >= 4 is 17.7 Å². The lowest BCUT2D eigenvalue weighted by Gasteiger charge is -2.09. The van der Waals surface area contributed by atoms with E-state index in [9.17, 15) is 4.79 Å². The number of benzene rings is 1. The van der Waals surface area contributed by atoms with Crippen molar-refractivity contribution in [2.75, 3.05) is 0 Å². The van der Waals surface area contributed by atoms with E-state index in [0.717, 1.165) is 10.5 Å². The van der Waals surface area contributed by atoms with Gasteiger partial charge >= 0.3 is 5.97 Å². The molecule has 0 radical (unpaired) electrons. The predicted octanol–water partition coefficient (Wildman–Crippen LogP) is 2.52. The Balaban J connectivity index is 2.43. The van der Waals surface area contributed by atoms with E-state index < -0.39 is 5.97 Å². The van der Waals surface area contributed by atoms with Gasteiger partial charge in [-0.25, -0.2) is 0 Å². The fourth-order valence-electron chi connectivity index (χ4n) is 1.29. The van der Waals surface area contributed by atoms with E-state index in [1.807, 2.05) is 31.2 Å². The van der Waals surface area contributed by atoms with Crippen molar-refractivity contribution in [3.63, 3.8) is 0 Å². The summed E-state index contributed by atoms with van der Waals surface area (Å²) in [5.41, 5.74) is 0.891. The molecule has 2 N–H and O–H groups in total. The first kappa shape index (κ1) is 13.1. The highest BCUT2D eigenvalue weighted by Gasteiger charge is 2.07. The second-order valence-corrected chi connectivity index (χ2v) is 5.17. The molecule has 3 nitrogen and oxygen atoms in total. The van der Waals surface area contributed by atoms with Gasteiger partial charge in [0.25, 0.3) is 0 Å². The smallest absolute Gasteiger partial charge is 0.303 e. The van der Waals surface area contributed by atoms with Crippen LogP contribution in [0.1, 0.15) is 25.3 Å². The minimum Gasteiger partial charge on any atom is -0.481 e. The summed E-state index contributed by atoms with van der Waals surface area (Å²) in [4.78, 5) is 11.5. The highest BCUT2D eigenvalue weighted by molar-refractivity contribution is 7.99. The topological polar surface area (TPSA) is 57.5 Å². The molecule has 1 aromatic carbocycles. The van der Waals surface area contributed by atoms with Gasteiger partial charge in [-0.3, -0.25) is 4.79 Å². The van der Waals surface area contributed by atoms with Crippen molar-refractivity contribution in [2.24, 2.45) is 0 Å². The number of carboxylic acids is 1. The molecule has 16 heavy (non-hydrogen) atoms. The summed E-state index contributed by atoms with van der Waals surface area (Å²) in [6, 6.07) is 7.67. The Morgan fingerprint density at radius 1 is 1.38 bits per heavy atom. The van der Waals surface area contributed by atoms with Gasteiger partial charge in [-0.2, -0.15) is 0 Å². The molecule has 0 fully saturated rings. The van der Waals surface area contributed by atoms with Crippen LogP contribution in [0.3, 0.4) is 0 Å². The molecule has 0 aliphatic heterocycles. The summed E-state index contributed by atoms with van der Waals surface area (Å²) in [7, 11) is 0. The van der Waals surface area contributed by atoms with Crippen LogP contribution in [0.25, 0.3) is 0 Å². The lowest BCUT2D eigenvalue weighted by Crippen LogP contribution is -2.02. The van der Waals surface area contributed by atoms with Gasteiger partial charge in [0.15, 0.2) is 0 Å². The van der Waals surface area contributed by atoms with E-state index in [4.69, 9.17) is 10.2 Å². The summed E-state index contributed by atoms with van der Waals surface area (Å²) in [6.45, 7) is 2.08. The minimum absolute atomic E-state index is 0.0551. The average molecular weight is 240 g/mol. The van der Waals surface area contributed by atoms with Crippen LogP contribution >= 0.6 is 11.8 Å². The van der Waals surface area contributed by atoms with Crippen LogP contribution in [-0.4, -0.2) is 21.4 Å². The highest BCUT2D eigenvalue weighted by Crippen LogP contribution is 2.26. The standard InChI is InChI=1S/C12H16O3S/c1-9(2-7-12(14)15)16-11-5-3-10(8-13)4-6-11/h3-6,9,13H,2,7-8H2,1H3,(H,14,15). The van der Waals surface area contributed by atoms with E-state index in [0.29, 0.717) is 6.42 Å². The molecule has 1 atom stereocenters. The number of carboxylic acid groups (broad SMARTS) is 1. The molecule has 0 saturated carbocycles. The number of hydrogen-bond acceptors (Lipinski definition) is 3. The Kier molecular flexibility index (Phi) is 5.35. The van der Waals surface area contributed by atoms with Gasteiger partial charge in [0.2, 0.25) is 0 Å². The third-order valence-corrected chi connectivity index (χ3v) is 3.39. The molecule has 88 valence electrons. The van der Waals surface area contributed by atoms with Crippen molar-refractivity contribution < 1.29 is 15.0 Å². The molecule has 0 aliphatic rings. The minimum atomic E-state index is -0.747. The summed E-state index contributed by atoms with van der Waals surface area (Å²) >= 11 is 1.66. The number of thioether (sulfide) groups is 1. The largest absolute Gasteiger partial charge is 0.481 e. The van der Waals surface area contributed by atoms with Crippen LogP contribution in [-0.2, 0) is 11.4 Å². The van der Waals surface area contributed by atoms with Gasteiger partial charge in [0.05, 0.1) is 6.61 Å². The number of carbonyl (C=O) groups is 1. The SMILES string of the molecule is CC(CCC(=O)O)Sc1ccc(CO)cc1. The summed E-state index contributed by atoms with van der Waals surface area (Å²) < 4.78 is 0. The monoisotopic (exact) mass is 240 g/mol. The van der Waals surface area contributed by atoms with E-state index in [1.54, 1.807) is 11.8 Å². The Hall–Kier alpha value is -1.00. The van der Waals surface area contributed by atoms with Crippen LogP contribution in [0.2, 0.25) is 0 Å². The van der Waals surface area contributed by atoms with Crippen LogP contribution in [0.15, 0.2) is 29.2 Å². The first-order chi connectivity index (χ1) is 7.61. The molecular formula is C12H16O3S. The highest BCUT2D eigenvalue weighted by atomic mass is 32.2. The zero-order valence-corrected chi connectivity index (χ0v) is 10.0. The molecule has 4 heteroatoms. The van der Waals surface area contributed by atoms with Crippen molar-refractivity contribution in [2.45, 2.75) is 36.5 Å². The van der Waals surface area contributed by atoms with Crippen LogP contribution in [0, 0.1) is 0 Å². The Morgan fingerprint density at radius 3 is 2.50 bits per heavy atom. The average Bonchev–Trinajstić information content (AvgIpc) is 2.27.